The highest BCUT2D eigenvalue weighted by molar-refractivity contribution is 5.79. The lowest BCUT2D eigenvalue weighted by molar-refractivity contribution is -0.127. The highest BCUT2D eigenvalue weighted by Crippen LogP contribution is 2.27. The minimum absolute atomic E-state index is 0.0272. The predicted octanol–water partition coefficient (Wildman–Crippen LogP) is 1.89. The van der Waals surface area contributed by atoms with E-state index in [4.69, 9.17) is 0 Å². The van der Waals surface area contributed by atoms with E-state index in [-0.39, 0.29) is 11.8 Å². The minimum Gasteiger partial charge on any atom is -0.388 e. The Kier molecular flexibility index (Phi) is 5.66. The van der Waals surface area contributed by atoms with Gasteiger partial charge in [0, 0.05) is 37.9 Å². The Hall–Kier alpha value is -1.69. The van der Waals surface area contributed by atoms with Gasteiger partial charge in [0.1, 0.15) is 0 Å². The molecule has 0 bridgehead atoms. The molecule has 0 spiro atoms. The van der Waals surface area contributed by atoms with Crippen molar-refractivity contribution in [2.45, 2.75) is 57.0 Å². The molecule has 1 saturated heterocycles. The fourth-order valence-corrected chi connectivity index (χ4v) is 3.76. The molecule has 2 heterocycles. The Bertz CT molecular complexity index is 521. The molecule has 3 rings (SSSR count). The molecule has 132 valence electrons. The van der Waals surface area contributed by atoms with E-state index in [9.17, 15) is 9.90 Å². The summed E-state index contributed by atoms with van der Waals surface area (Å²) in [5.74, 6) is 0.852. The Morgan fingerprint density at radius 2 is 1.79 bits per heavy atom. The summed E-state index contributed by atoms with van der Waals surface area (Å²) in [4.78, 5) is 23.1. The summed E-state index contributed by atoms with van der Waals surface area (Å²) in [5, 5.41) is 13.7. The molecule has 0 radical (unpaired) electrons. The van der Waals surface area contributed by atoms with E-state index in [1.54, 1.807) is 12.4 Å². The molecule has 1 aromatic rings. The topological polar surface area (TPSA) is 78.4 Å². The van der Waals surface area contributed by atoms with Crippen molar-refractivity contribution in [3.8, 4) is 0 Å². The number of anilines is 1. The van der Waals surface area contributed by atoms with Crippen LogP contribution < -0.4 is 10.2 Å². The Morgan fingerprint density at radius 1 is 1.17 bits per heavy atom. The molecule has 24 heavy (non-hydrogen) atoms. The number of aromatic nitrogens is 2. The first-order chi connectivity index (χ1) is 11.7. The van der Waals surface area contributed by atoms with E-state index in [1.807, 2.05) is 6.07 Å². The average Bonchev–Trinajstić information content (AvgIpc) is 2.86. The molecule has 0 unspecified atom stereocenters. The van der Waals surface area contributed by atoms with Gasteiger partial charge in [0.2, 0.25) is 11.9 Å². The number of nitrogens with one attached hydrogen (secondary N) is 1. The van der Waals surface area contributed by atoms with Crippen LogP contribution in [0.25, 0.3) is 0 Å². The monoisotopic (exact) mass is 332 g/mol. The van der Waals surface area contributed by atoms with Crippen LogP contribution in [0.4, 0.5) is 5.95 Å². The highest BCUT2D eigenvalue weighted by Gasteiger charge is 2.31. The maximum Gasteiger partial charge on any atom is 0.225 e. The largest absolute Gasteiger partial charge is 0.388 e. The molecular formula is C18H28N4O2. The second-order valence-corrected chi connectivity index (χ2v) is 7.17. The number of hydrogen-bond acceptors (Lipinski definition) is 5. The highest BCUT2D eigenvalue weighted by atomic mass is 16.3. The molecule has 2 fully saturated rings. The molecule has 1 amide bonds. The van der Waals surface area contributed by atoms with Gasteiger partial charge in [-0.1, -0.05) is 25.7 Å². The van der Waals surface area contributed by atoms with E-state index < -0.39 is 5.60 Å². The van der Waals surface area contributed by atoms with Gasteiger partial charge in [0.05, 0.1) is 5.60 Å². The Balaban J connectivity index is 1.45. The first kappa shape index (κ1) is 17.1. The van der Waals surface area contributed by atoms with Crippen LogP contribution in [0.5, 0.6) is 0 Å². The lowest BCUT2D eigenvalue weighted by Crippen LogP contribution is -2.46. The molecular weight excluding hydrogens is 304 g/mol. The third-order valence-corrected chi connectivity index (χ3v) is 5.33. The maximum absolute atomic E-state index is 12.4. The Morgan fingerprint density at radius 3 is 2.42 bits per heavy atom. The number of hydrogen-bond donors (Lipinski definition) is 2. The van der Waals surface area contributed by atoms with Crippen LogP contribution in [0.3, 0.4) is 0 Å². The van der Waals surface area contributed by atoms with Crippen molar-refractivity contribution in [3.05, 3.63) is 18.5 Å². The summed E-state index contributed by atoms with van der Waals surface area (Å²) >= 11 is 0. The average molecular weight is 332 g/mol. The lowest BCUT2D eigenvalue weighted by atomic mass is 9.92. The van der Waals surface area contributed by atoms with Crippen molar-refractivity contribution in [2.24, 2.45) is 5.92 Å². The van der Waals surface area contributed by atoms with Crippen LogP contribution in [0.1, 0.15) is 51.4 Å². The van der Waals surface area contributed by atoms with Crippen molar-refractivity contribution in [3.63, 3.8) is 0 Å². The standard InChI is InChI=1S/C18H28N4O2/c23-16(21-14-18(24)8-3-1-2-4-9-18)15-6-12-22(13-7-15)17-19-10-5-11-20-17/h5,10-11,15,24H,1-4,6-9,12-14H2,(H,21,23). The number of piperidine rings is 1. The number of carbonyl (C=O) groups is 1. The van der Waals surface area contributed by atoms with Gasteiger partial charge in [-0.3, -0.25) is 4.79 Å². The summed E-state index contributed by atoms with van der Waals surface area (Å²) in [6.07, 6.45) is 11.2. The zero-order valence-corrected chi connectivity index (χ0v) is 14.3. The molecule has 6 nitrogen and oxygen atoms in total. The van der Waals surface area contributed by atoms with Crippen molar-refractivity contribution >= 4 is 11.9 Å². The van der Waals surface area contributed by atoms with Gasteiger partial charge in [0.15, 0.2) is 0 Å². The molecule has 1 saturated carbocycles. The number of nitrogens with zero attached hydrogens (tertiary/aromatic N) is 3. The zero-order valence-electron chi connectivity index (χ0n) is 14.3. The quantitative estimate of drug-likeness (QED) is 0.823. The SMILES string of the molecule is O=C(NCC1(O)CCCCCC1)C1CCN(c2ncccn2)CC1. The smallest absolute Gasteiger partial charge is 0.225 e. The van der Waals surface area contributed by atoms with Gasteiger partial charge in [-0.25, -0.2) is 9.97 Å². The van der Waals surface area contributed by atoms with Gasteiger partial charge < -0.3 is 15.3 Å². The number of aliphatic hydroxyl groups is 1. The normalized spacial score (nSPS) is 22.0. The third kappa shape index (κ3) is 4.44. The Labute approximate surface area is 143 Å². The van der Waals surface area contributed by atoms with Crippen LogP contribution in [-0.4, -0.2) is 46.2 Å². The van der Waals surface area contributed by atoms with Gasteiger partial charge in [0.25, 0.3) is 0 Å². The molecule has 6 heteroatoms. The van der Waals surface area contributed by atoms with E-state index in [2.05, 4.69) is 20.2 Å². The van der Waals surface area contributed by atoms with Gasteiger partial charge in [-0.15, -0.1) is 0 Å². The third-order valence-electron chi connectivity index (χ3n) is 5.33. The lowest BCUT2D eigenvalue weighted by Gasteiger charge is -2.32. The summed E-state index contributed by atoms with van der Waals surface area (Å²) in [7, 11) is 0. The summed E-state index contributed by atoms with van der Waals surface area (Å²) in [6.45, 7) is 1.99. The second kappa shape index (κ2) is 7.92. The summed E-state index contributed by atoms with van der Waals surface area (Å²) in [6, 6.07) is 1.81. The van der Waals surface area contributed by atoms with Crippen LogP contribution in [0.15, 0.2) is 18.5 Å². The molecule has 1 aliphatic carbocycles. The fraction of sp³-hybridized carbons (Fsp3) is 0.722. The molecule has 1 aromatic heterocycles. The van der Waals surface area contributed by atoms with E-state index in [0.717, 1.165) is 57.6 Å². The first-order valence-corrected chi connectivity index (χ1v) is 9.18. The zero-order chi connectivity index (χ0) is 16.8. The maximum atomic E-state index is 12.4. The molecule has 0 atom stereocenters. The van der Waals surface area contributed by atoms with E-state index >= 15 is 0 Å². The van der Waals surface area contributed by atoms with Gasteiger partial charge in [-0.05, 0) is 31.7 Å². The van der Waals surface area contributed by atoms with Crippen molar-refractivity contribution in [2.75, 3.05) is 24.5 Å². The molecule has 2 N–H and O–H groups in total. The van der Waals surface area contributed by atoms with Crippen LogP contribution in [0, 0.1) is 5.92 Å². The molecule has 0 aromatic carbocycles. The number of amides is 1. The van der Waals surface area contributed by atoms with Crippen molar-refractivity contribution in [1.29, 1.82) is 0 Å². The van der Waals surface area contributed by atoms with Crippen molar-refractivity contribution < 1.29 is 9.90 Å². The minimum atomic E-state index is -0.704. The fourth-order valence-electron chi connectivity index (χ4n) is 3.76. The molecule has 1 aliphatic heterocycles. The van der Waals surface area contributed by atoms with Crippen LogP contribution in [-0.2, 0) is 4.79 Å². The summed E-state index contributed by atoms with van der Waals surface area (Å²) in [5.41, 5.74) is -0.704. The molecule has 2 aliphatic rings. The van der Waals surface area contributed by atoms with Gasteiger partial charge >= 0.3 is 0 Å². The summed E-state index contributed by atoms with van der Waals surface area (Å²) < 4.78 is 0. The van der Waals surface area contributed by atoms with E-state index in [0.29, 0.717) is 6.54 Å². The van der Waals surface area contributed by atoms with Crippen LogP contribution in [0.2, 0.25) is 0 Å². The van der Waals surface area contributed by atoms with Gasteiger partial charge in [-0.2, -0.15) is 0 Å². The first-order valence-electron chi connectivity index (χ1n) is 9.18. The van der Waals surface area contributed by atoms with E-state index in [1.165, 1.54) is 12.8 Å². The van der Waals surface area contributed by atoms with Crippen LogP contribution >= 0.6 is 0 Å². The number of rotatable bonds is 4. The predicted molar refractivity (Wildman–Crippen MR) is 92.6 cm³/mol. The second-order valence-electron chi connectivity index (χ2n) is 7.17. The number of carbonyl (C=O) groups excluding carboxylic acids is 1. The van der Waals surface area contributed by atoms with Crippen molar-refractivity contribution in [1.82, 2.24) is 15.3 Å².